The van der Waals surface area contributed by atoms with Gasteiger partial charge in [0.2, 0.25) is 0 Å². The van der Waals surface area contributed by atoms with Crippen LogP contribution in [0.15, 0.2) is 136 Å². The summed E-state index contributed by atoms with van der Waals surface area (Å²) in [5.74, 6) is -1.34. The first-order chi connectivity index (χ1) is 34.1. The number of ether oxygens (including phenoxy) is 1. The highest BCUT2D eigenvalue weighted by Crippen LogP contribution is 2.39. The molecule has 386 valence electrons. The van der Waals surface area contributed by atoms with Crippen LogP contribution in [-0.2, 0) is 29.4 Å². The Morgan fingerprint density at radius 2 is 1.54 bits per heavy atom. The average molecular weight is 1070 g/mol. The minimum Gasteiger partial charge on any atom is -0.459 e. The number of nitrogens with one attached hydrogen (secondary N) is 2. The Balaban J connectivity index is 1.04. The van der Waals surface area contributed by atoms with Gasteiger partial charge in [0.25, 0.3) is 25.8 Å². The van der Waals surface area contributed by atoms with Crippen molar-refractivity contribution in [2.45, 2.75) is 96.4 Å². The molecule has 2 aliphatic heterocycles. The molecule has 5 aromatic carbocycles. The van der Waals surface area contributed by atoms with Crippen molar-refractivity contribution in [3.63, 3.8) is 0 Å². The number of benzene rings is 5. The number of carbonyl (C=O) groups is 2. The predicted molar refractivity (Wildman–Crippen MR) is 275 cm³/mol. The van der Waals surface area contributed by atoms with Crippen LogP contribution in [0.5, 0.6) is 0 Å². The van der Waals surface area contributed by atoms with Gasteiger partial charge in [0.05, 0.1) is 23.2 Å². The third kappa shape index (κ3) is 13.7. The summed E-state index contributed by atoms with van der Waals surface area (Å²) in [6.07, 6.45) is 3.05. The number of piperidine rings is 1. The van der Waals surface area contributed by atoms with Gasteiger partial charge in [0.15, 0.2) is 0 Å². The van der Waals surface area contributed by atoms with Crippen molar-refractivity contribution in [3.05, 3.63) is 137 Å². The van der Waals surface area contributed by atoms with E-state index in [1.54, 1.807) is 26.0 Å². The van der Waals surface area contributed by atoms with E-state index in [0.717, 1.165) is 52.2 Å². The molecule has 13 nitrogen and oxygen atoms in total. The first-order valence-corrected chi connectivity index (χ1v) is 28.0. The van der Waals surface area contributed by atoms with E-state index in [1.165, 1.54) is 23.9 Å². The zero-order chi connectivity index (χ0) is 51.8. The minimum atomic E-state index is -6.14. The van der Waals surface area contributed by atoms with Crippen molar-refractivity contribution in [3.8, 4) is 11.1 Å². The first-order valence-electron chi connectivity index (χ1n) is 23.6. The number of likely N-dealkylation sites (tertiary alicyclic amines) is 1. The molecule has 0 saturated carbocycles. The Morgan fingerprint density at radius 1 is 0.875 bits per heavy atom. The van der Waals surface area contributed by atoms with Crippen LogP contribution in [0.3, 0.4) is 0 Å². The molecule has 2 unspecified atom stereocenters. The molecule has 2 heterocycles. The standard InChI is InChI=1S/C52H59ClF3N5O8S3/c1-51(2,69-48(62)33-57)26-30-60-27-8-9-41(60)31-39(34-70-42-10-4-3-5-11-42)58-46-23-22-43(32-47(46)71(65,66)52(54,55)56)72(67,68)59-50(64)37-16-20-40(21-17-37)61-28-24-36(25-29-61)49(63)45-13-7-6-12-44(45)35-14-18-38(53)19-15-35/h3-7,10-23,32,36,39,41,49,58,63H,8-9,24-31,33-34,57H2,1-2H3,(H,59,64)/t39?,41-,49?/m0/s1. The molecular formula is C52H59ClF3N5O8S3. The summed E-state index contributed by atoms with van der Waals surface area (Å²) in [5, 5.41) is 15.2. The fraction of sp³-hybridized carbons (Fsp3) is 0.385. The third-order valence-electron chi connectivity index (χ3n) is 13.2. The Kier molecular flexibility index (Phi) is 17.7. The topological polar surface area (TPSA) is 188 Å². The molecule has 0 radical (unpaired) electrons. The van der Waals surface area contributed by atoms with Crippen molar-refractivity contribution >= 4 is 66.5 Å². The number of hydrogen-bond donors (Lipinski definition) is 4. The van der Waals surface area contributed by atoms with E-state index >= 15 is 0 Å². The number of aliphatic hydroxyl groups excluding tert-OH is 1. The van der Waals surface area contributed by atoms with Crippen molar-refractivity contribution < 1.29 is 49.4 Å². The molecule has 72 heavy (non-hydrogen) atoms. The molecule has 20 heteroatoms. The second-order valence-corrected chi connectivity index (χ2v) is 23.8. The van der Waals surface area contributed by atoms with Gasteiger partial charge in [-0.3, -0.25) is 9.59 Å². The van der Waals surface area contributed by atoms with Gasteiger partial charge in [-0.15, -0.1) is 11.8 Å². The van der Waals surface area contributed by atoms with Crippen molar-refractivity contribution in [1.29, 1.82) is 0 Å². The normalized spacial score (nSPS) is 17.1. The van der Waals surface area contributed by atoms with E-state index in [9.17, 15) is 44.7 Å². The van der Waals surface area contributed by atoms with Crippen molar-refractivity contribution in [2.24, 2.45) is 11.7 Å². The van der Waals surface area contributed by atoms with Gasteiger partial charge in [0.1, 0.15) is 10.5 Å². The summed E-state index contributed by atoms with van der Waals surface area (Å²) < 4.78 is 105. The largest absolute Gasteiger partial charge is 0.501 e. The number of nitrogens with two attached hydrogens (primary N) is 1. The highest BCUT2D eigenvalue weighted by atomic mass is 35.5. The van der Waals surface area contributed by atoms with Gasteiger partial charge in [-0.25, -0.2) is 21.6 Å². The lowest BCUT2D eigenvalue weighted by Crippen LogP contribution is -2.40. The van der Waals surface area contributed by atoms with E-state index in [1.807, 2.05) is 83.6 Å². The Labute approximate surface area is 428 Å². The molecule has 0 bridgehead atoms. The number of sulfonamides is 1. The smallest absolute Gasteiger partial charge is 0.459 e. The van der Waals surface area contributed by atoms with E-state index in [-0.39, 0.29) is 24.1 Å². The number of amides is 1. The molecule has 0 aromatic heterocycles. The van der Waals surface area contributed by atoms with Crippen LogP contribution in [0.4, 0.5) is 24.5 Å². The zero-order valence-electron chi connectivity index (χ0n) is 39.9. The summed E-state index contributed by atoms with van der Waals surface area (Å²) in [7, 11) is -11.1. The van der Waals surface area contributed by atoms with Crippen LogP contribution in [0.2, 0.25) is 5.02 Å². The minimum absolute atomic E-state index is 0.0314. The van der Waals surface area contributed by atoms with Crippen LogP contribution in [0, 0.1) is 5.92 Å². The zero-order valence-corrected chi connectivity index (χ0v) is 43.1. The number of rotatable bonds is 20. The molecule has 7 rings (SSSR count). The van der Waals surface area contributed by atoms with Crippen LogP contribution in [0.25, 0.3) is 11.1 Å². The molecule has 5 N–H and O–H groups in total. The number of nitrogens with zero attached hydrogens (tertiary/aromatic N) is 2. The van der Waals surface area contributed by atoms with Gasteiger partial charge in [-0.2, -0.15) is 13.2 Å². The van der Waals surface area contributed by atoms with Gasteiger partial charge in [-0.05, 0) is 148 Å². The fourth-order valence-corrected chi connectivity index (χ4v) is 12.4. The maximum Gasteiger partial charge on any atom is 0.501 e. The lowest BCUT2D eigenvalue weighted by Gasteiger charge is -2.36. The molecule has 2 saturated heterocycles. The molecule has 0 aliphatic carbocycles. The molecule has 2 aliphatic rings. The van der Waals surface area contributed by atoms with Crippen molar-refractivity contribution in [2.75, 3.05) is 48.7 Å². The summed E-state index contributed by atoms with van der Waals surface area (Å²) in [6, 6.07) is 32.3. The maximum absolute atomic E-state index is 14.4. The van der Waals surface area contributed by atoms with Crippen molar-refractivity contribution in [1.82, 2.24) is 9.62 Å². The van der Waals surface area contributed by atoms with E-state index in [4.69, 9.17) is 22.1 Å². The van der Waals surface area contributed by atoms with Gasteiger partial charge in [0, 0.05) is 58.6 Å². The van der Waals surface area contributed by atoms with Gasteiger partial charge < -0.3 is 30.7 Å². The first kappa shape index (κ1) is 54.6. The molecule has 0 spiro atoms. The Hall–Kier alpha value is -5.15. The highest BCUT2D eigenvalue weighted by molar-refractivity contribution is 7.99. The lowest BCUT2D eigenvalue weighted by molar-refractivity contribution is -0.155. The molecular weight excluding hydrogens is 1010 g/mol. The number of sulfone groups is 1. The average Bonchev–Trinajstić information content (AvgIpc) is 3.81. The van der Waals surface area contributed by atoms with Crippen LogP contribution in [0.1, 0.15) is 74.4 Å². The molecule has 5 aromatic rings. The Morgan fingerprint density at radius 3 is 2.21 bits per heavy atom. The second-order valence-electron chi connectivity index (χ2n) is 18.7. The third-order valence-corrected chi connectivity index (χ3v) is 17.4. The number of esters is 1. The quantitative estimate of drug-likeness (QED) is 0.0427. The monoisotopic (exact) mass is 1070 g/mol. The summed E-state index contributed by atoms with van der Waals surface area (Å²) >= 11 is 7.53. The van der Waals surface area contributed by atoms with E-state index in [2.05, 4.69) is 15.1 Å². The molecule has 1 amide bonds. The van der Waals surface area contributed by atoms with E-state index in [0.29, 0.717) is 68.7 Å². The summed E-state index contributed by atoms with van der Waals surface area (Å²) in [4.78, 5) is 28.4. The van der Waals surface area contributed by atoms with Gasteiger partial charge in [-0.1, -0.05) is 66.2 Å². The number of halogens is 4. The second kappa shape index (κ2) is 23.4. The lowest BCUT2D eigenvalue weighted by atomic mass is 9.84. The number of aliphatic hydroxyl groups is 1. The number of carbonyl (C=O) groups excluding carboxylic acids is 2. The number of anilines is 2. The molecule has 2 fully saturated rings. The fourth-order valence-electron chi connectivity index (χ4n) is 9.27. The van der Waals surface area contributed by atoms with Crippen LogP contribution >= 0.6 is 23.4 Å². The van der Waals surface area contributed by atoms with Gasteiger partial charge >= 0.3 is 11.5 Å². The SMILES string of the molecule is CC(C)(CCN1CCC[C@H]1CC(CSc1ccccc1)Nc1ccc(S(=O)(=O)NC(=O)c2ccc(N3CCC(C(O)c4ccccc4-c4ccc(Cl)cc4)CC3)cc2)cc1S(=O)(=O)C(F)(F)F)OC(=O)CN. The predicted octanol–water partition coefficient (Wildman–Crippen LogP) is 9.47. The molecule has 3 atom stereocenters. The van der Waals surface area contributed by atoms with Crippen LogP contribution in [-0.4, -0.2) is 100 Å². The highest BCUT2D eigenvalue weighted by Gasteiger charge is 2.49. The number of hydrogen-bond acceptors (Lipinski definition) is 13. The van der Waals surface area contributed by atoms with E-state index < -0.39 is 70.5 Å². The summed E-state index contributed by atoms with van der Waals surface area (Å²) in [6.45, 7) is 5.76. The van der Waals surface area contributed by atoms with Crippen LogP contribution < -0.4 is 20.7 Å². The number of alkyl halides is 3. The maximum atomic E-state index is 14.4. The summed E-state index contributed by atoms with van der Waals surface area (Å²) in [5.41, 5.74) is 1.77. The number of thioether (sulfide) groups is 1. The Bertz CT molecular complexity index is 2890.